The highest BCUT2D eigenvalue weighted by Crippen LogP contribution is 2.16. The standard InChI is InChI=1S/C15H14O3/c1-10-8-14(11(2)18-10)15(17)7-6-12-4-3-5-13(16)9-12/h3-9,16H,1-2H3/b7-6+. The monoisotopic (exact) mass is 242 g/mol. The van der Waals surface area contributed by atoms with Crippen molar-refractivity contribution in [3.05, 3.63) is 59.1 Å². The molecule has 0 spiro atoms. The summed E-state index contributed by atoms with van der Waals surface area (Å²) in [6, 6.07) is 8.45. The Balaban J connectivity index is 2.19. The molecule has 92 valence electrons. The third kappa shape index (κ3) is 2.69. The molecule has 0 radical (unpaired) electrons. The second kappa shape index (κ2) is 4.92. The summed E-state index contributed by atoms with van der Waals surface area (Å²) in [5, 5.41) is 9.31. The molecule has 1 aromatic heterocycles. The van der Waals surface area contributed by atoms with Gasteiger partial charge in [0.15, 0.2) is 5.78 Å². The quantitative estimate of drug-likeness (QED) is 0.662. The number of carbonyl (C=O) groups is 1. The predicted octanol–water partition coefficient (Wildman–Crippen LogP) is 3.50. The molecule has 1 N–H and O–H groups in total. The summed E-state index contributed by atoms with van der Waals surface area (Å²) in [6.45, 7) is 3.57. The minimum atomic E-state index is -0.104. The van der Waals surface area contributed by atoms with Gasteiger partial charge in [-0.1, -0.05) is 18.2 Å². The van der Waals surface area contributed by atoms with Gasteiger partial charge in [0.1, 0.15) is 17.3 Å². The minimum absolute atomic E-state index is 0.104. The highest BCUT2D eigenvalue weighted by Gasteiger charge is 2.10. The Morgan fingerprint density at radius 3 is 2.67 bits per heavy atom. The lowest BCUT2D eigenvalue weighted by Gasteiger charge is -1.95. The first kappa shape index (κ1) is 12.2. The molecule has 0 amide bonds. The maximum absolute atomic E-state index is 11.9. The second-order valence-corrected chi connectivity index (χ2v) is 4.12. The lowest BCUT2D eigenvalue weighted by Crippen LogP contribution is -1.93. The summed E-state index contributed by atoms with van der Waals surface area (Å²) >= 11 is 0. The first-order chi connectivity index (χ1) is 8.56. The molecule has 1 heterocycles. The van der Waals surface area contributed by atoms with Gasteiger partial charge in [-0.3, -0.25) is 4.79 Å². The van der Waals surface area contributed by atoms with Crippen molar-refractivity contribution in [1.29, 1.82) is 0 Å². The van der Waals surface area contributed by atoms with Crippen LogP contribution in [0.3, 0.4) is 0 Å². The number of aryl methyl sites for hydroxylation is 2. The van der Waals surface area contributed by atoms with Gasteiger partial charge in [0.05, 0.1) is 5.56 Å². The van der Waals surface area contributed by atoms with Gasteiger partial charge in [-0.05, 0) is 43.7 Å². The highest BCUT2D eigenvalue weighted by atomic mass is 16.3. The van der Waals surface area contributed by atoms with E-state index < -0.39 is 0 Å². The molecule has 2 rings (SSSR count). The van der Waals surface area contributed by atoms with Gasteiger partial charge in [-0.25, -0.2) is 0 Å². The van der Waals surface area contributed by atoms with Gasteiger partial charge in [-0.2, -0.15) is 0 Å². The molecule has 0 aliphatic carbocycles. The summed E-state index contributed by atoms with van der Waals surface area (Å²) in [6.07, 6.45) is 3.15. The molecular weight excluding hydrogens is 228 g/mol. The molecule has 0 aliphatic heterocycles. The topological polar surface area (TPSA) is 50.4 Å². The average Bonchev–Trinajstić information content (AvgIpc) is 2.66. The number of allylic oxidation sites excluding steroid dienone is 1. The average molecular weight is 242 g/mol. The Kier molecular flexibility index (Phi) is 3.33. The fourth-order valence-electron chi connectivity index (χ4n) is 1.77. The number of benzene rings is 1. The molecule has 1 aromatic carbocycles. The number of carbonyl (C=O) groups excluding carboxylic acids is 1. The van der Waals surface area contributed by atoms with Gasteiger partial charge in [-0.15, -0.1) is 0 Å². The summed E-state index contributed by atoms with van der Waals surface area (Å²) in [5.41, 5.74) is 1.35. The normalized spacial score (nSPS) is 11.0. The molecule has 0 fully saturated rings. The number of hydrogen-bond donors (Lipinski definition) is 1. The summed E-state index contributed by atoms with van der Waals surface area (Å²) < 4.78 is 5.31. The maximum Gasteiger partial charge on any atom is 0.189 e. The fourth-order valence-corrected chi connectivity index (χ4v) is 1.77. The van der Waals surface area contributed by atoms with Crippen LogP contribution in [0.4, 0.5) is 0 Å². The molecule has 0 bridgehead atoms. The molecule has 0 unspecified atom stereocenters. The van der Waals surface area contributed by atoms with Crippen molar-refractivity contribution < 1.29 is 14.3 Å². The zero-order valence-corrected chi connectivity index (χ0v) is 10.3. The summed E-state index contributed by atoms with van der Waals surface area (Å²) in [7, 11) is 0. The van der Waals surface area contributed by atoms with E-state index in [-0.39, 0.29) is 11.5 Å². The zero-order chi connectivity index (χ0) is 13.1. The molecule has 0 saturated heterocycles. The van der Waals surface area contributed by atoms with E-state index in [0.717, 1.165) is 11.3 Å². The van der Waals surface area contributed by atoms with E-state index in [1.54, 1.807) is 37.3 Å². The van der Waals surface area contributed by atoms with Crippen molar-refractivity contribution in [3.63, 3.8) is 0 Å². The molecule has 0 atom stereocenters. The van der Waals surface area contributed by atoms with E-state index in [0.29, 0.717) is 11.3 Å². The van der Waals surface area contributed by atoms with Crippen molar-refractivity contribution in [2.24, 2.45) is 0 Å². The maximum atomic E-state index is 11.9. The van der Waals surface area contributed by atoms with Gasteiger partial charge in [0, 0.05) is 0 Å². The number of phenolic OH excluding ortho intramolecular Hbond substituents is 1. The highest BCUT2D eigenvalue weighted by molar-refractivity contribution is 6.07. The van der Waals surface area contributed by atoms with Crippen LogP contribution < -0.4 is 0 Å². The number of phenols is 1. The molecule has 0 saturated carbocycles. The predicted molar refractivity (Wildman–Crippen MR) is 69.7 cm³/mol. The number of rotatable bonds is 3. The number of hydrogen-bond acceptors (Lipinski definition) is 3. The molecule has 18 heavy (non-hydrogen) atoms. The molecule has 3 heteroatoms. The van der Waals surface area contributed by atoms with Crippen molar-refractivity contribution in [3.8, 4) is 5.75 Å². The smallest absolute Gasteiger partial charge is 0.189 e. The Morgan fingerprint density at radius 1 is 1.28 bits per heavy atom. The molecule has 3 nitrogen and oxygen atoms in total. The van der Waals surface area contributed by atoms with E-state index in [1.807, 2.05) is 13.0 Å². The number of furan rings is 1. The Bertz CT molecular complexity index is 606. The van der Waals surface area contributed by atoms with E-state index in [1.165, 1.54) is 6.08 Å². The minimum Gasteiger partial charge on any atom is -0.508 e. The van der Waals surface area contributed by atoms with Gasteiger partial charge in [0.2, 0.25) is 0 Å². The van der Waals surface area contributed by atoms with Crippen LogP contribution in [-0.2, 0) is 0 Å². The van der Waals surface area contributed by atoms with Crippen molar-refractivity contribution in [1.82, 2.24) is 0 Å². The second-order valence-electron chi connectivity index (χ2n) is 4.12. The van der Waals surface area contributed by atoms with Crippen molar-refractivity contribution in [2.75, 3.05) is 0 Å². The molecule has 2 aromatic rings. The largest absolute Gasteiger partial charge is 0.508 e. The van der Waals surface area contributed by atoms with Crippen LogP contribution in [0.15, 0.2) is 40.8 Å². The first-order valence-electron chi connectivity index (χ1n) is 5.65. The van der Waals surface area contributed by atoms with Crippen LogP contribution >= 0.6 is 0 Å². The van der Waals surface area contributed by atoms with Crippen LogP contribution in [0.2, 0.25) is 0 Å². The molecule has 0 aliphatic rings. The van der Waals surface area contributed by atoms with Crippen LogP contribution in [0.5, 0.6) is 5.75 Å². The number of ketones is 1. The van der Waals surface area contributed by atoms with Gasteiger partial charge in [0.25, 0.3) is 0 Å². The van der Waals surface area contributed by atoms with Crippen LogP contribution in [-0.4, -0.2) is 10.9 Å². The first-order valence-corrected chi connectivity index (χ1v) is 5.65. The van der Waals surface area contributed by atoms with E-state index in [2.05, 4.69) is 0 Å². The lowest BCUT2D eigenvalue weighted by molar-refractivity contribution is 0.104. The summed E-state index contributed by atoms with van der Waals surface area (Å²) in [5.74, 6) is 1.42. The lowest BCUT2D eigenvalue weighted by atomic mass is 10.1. The van der Waals surface area contributed by atoms with E-state index >= 15 is 0 Å². The summed E-state index contributed by atoms with van der Waals surface area (Å²) in [4.78, 5) is 11.9. The van der Waals surface area contributed by atoms with Gasteiger partial charge < -0.3 is 9.52 Å². The number of aromatic hydroxyl groups is 1. The van der Waals surface area contributed by atoms with Crippen LogP contribution in [0, 0.1) is 13.8 Å². The van der Waals surface area contributed by atoms with E-state index in [9.17, 15) is 9.90 Å². The third-order valence-electron chi connectivity index (χ3n) is 2.60. The van der Waals surface area contributed by atoms with Crippen LogP contribution in [0.25, 0.3) is 6.08 Å². The van der Waals surface area contributed by atoms with E-state index in [4.69, 9.17) is 4.42 Å². The fraction of sp³-hybridized carbons (Fsp3) is 0.133. The zero-order valence-electron chi connectivity index (χ0n) is 10.3. The van der Waals surface area contributed by atoms with Crippen LogP contribution in [0.1, 0.15) is 27.4 Å². The van der Waals surface area contributed by atoms with Crippen molar-refractivity contribution in [2.45, 2.75) is 13.8 Å². The van der Waals surface area contributed by atoms with Crippen molar-refractivity contribution >= 4 is 11.9 Å². The Hall–Kier alpha value is -2.29. The van der Waals surface area contributed by atoms with Gasteiger partial charge >= 0.3 is 0 Å². The molecular formula is C15H14O3. The SMILES string of the molecule is Cc1cc(C(=O)/C=C/c2cccc(O)c2)c(C)o1. The Morgan fingerprint density at radius 2 is 2.06 bits per heavy atom. The Labute approximate surface area is 105 Å². The third-order valence-corrected chi connectivity index (χ3v) is 2.60.